The minimum absolute atomic E-state index is 0.0248. The van der Waals surface area contributed by atoms with Crippen LogP contribution in [0.5, 0.6) is 5.75 Å². The van der Waals surface area contributed by atoms with Crippen LogP contribution in [0.1, 0.15) is 35.1 Å². The molecular formula is C38H39N7O5. The molecule has 2 heterocycles. The lowest BCUT2D eigenvalue weighted by molar-refractivity contribution is 0.0451. The van der Waals surface area contributed by atoms with E-state index in [0.717, 1.165) is 34.4 Å². The summed E-state index contributed by atoms with van der Waals surface area (Å²) in [6.45, 7) is 2.74. The molecule has 6 aromatic rings. The second kappa shape index (κ2) is 15.6. The van der Waals surface area contributed by atoms with E-state index in [2.05, 4.69) is 22.4 Å². The maximum atomic E-state index is 14.1. The van der Waals surface area contributed by atoms with Crippen LogP contribution in [-0.2, 0) is 29.2 Å². The Morgan fingerprint density at radius 1 is 0.880 bits per heavy atom. The molecule has 0 aliphatic heterocycles. The molecule has 0 aliphatic carbocycles. The topological polar surface area (TPSA) is 126 Å². The summed E-state index contributed by atoms with van der Waals surface area (Å²) in [6.07, 6.45) is 1.47. The Morgan fingerprint density at radius 3 is 2.36 bits per heavy atom. The number of esters is 1. The van der Waals surface area contributed by atoms with Gasteiger partial charge in [0, 0.05) is 38.9 Å². The maximum absolute atomic E-state index is 14.1. The summed E-state index contributed by atoms with van der Waals surface area (Å²) in [5, 5.41) is 12.5. The smallest absolute Gasteiger partial charge is 0.338 e. The third-order valence-electron chi connectivity index (χ3n) is 8.25. The van der Waals surface area contributed by atoms with Crippen molar-refractivity contribution in [3.8, 4) is 28.3 Å². The van der Waals surface area contributed by atoms with Gasteiger partial charge >= 0.3 is 5.97 Å². The number of methoxy groups -OCH3 is 1. The summed E-state index contributed by atoms with van der Waals surface area (Å²) in [5.41, 5.74) is 5.59. The van der Waals surface area contributed by atoms with Crippen molar-refractivity contribution in [3.63, 3.8) is 0 Å². The van der Waals surface area contributed by atoms with Crippen molar-refractivity contribution in [2.45, 2.75) is 33.0 Å². The number of anilines is 1. The first kappa shape index (κ1) is 34.0. The first-order chi connectivity index (χ1) is 24.4. The molecule has 0 unspecified atom stereocenters. The van der Waals surface area contributed by atoms with Crippen LogP contribution in [0.3, 0.4) is 0 Å². The summed E-state index contributed by atoms with van der Waals surface area (Å²) >= 11 is 0. The molecule has 0 saturated heterocycles. The molecule has 0 aliphatic rings. The minimum Gasteiger partial charge on any atom is -0.489 e. The van der Waals surface area contributed by atoms with Crippen molar-refractivity contribution in [1.29, 1.82) is 0 Å². The average Bonchev–Trinajstić information content (AvgIpc) is 3.60. The number of hydrogen-bond acceptors (Lipinski definition) is 10. The predicted molar refractivity (Wildman–Crippen MR) is 191 cm³/mol. The van der Waals surface area contributed by atoms with Crippen LogP contribution in [0.4, 0.5) is 5.69 Å². The van der Waals surface area contributed by atoms with E-state index < -0.39 is 5.97 Å². The molecule has 0 atom stereocenters. The maximum Gasteiger partial charge on any atom is 0.338 e. The van der Waals surface area contributed by atoms with Crippen LogP contribution in [0, 0.1) is 0 Å². The molecule has 0 fully saturated rings. The van der Waals surface area contributed by atoms with Crippen molar-refractivity contribution >= 4 is 22.6 Å². The van der Waals surface area contributed by atoms with Gasteiger partial charge in [0.2, 0.25) is 0 Å². The van der Waals surface area contributed by atoms with E-state index in [1.165, 1.54) is 0 Å². The predicted octanol–water partition coefficient (Wildman–Crippen LogP) is 5.62. The fraction of sp³-hybridized carbons (Fsp3) is 0.263. The van der Waals surface area contributed by atoms with Crippen LogP contribution in [-0.4, -0.2) is 70.1 Å². The second-order valence-corrected chi connectivity index (χ2v) is 11.9. The first-order valence-electron chi connectivity index (χ1n) is 16.4. The van der Waals surface area contributed by atoms with Gasteiger partial charge in [-0.25, -0.2) is 9.78 Å². The summed E-state index contributed by atoms with van der Waals surface area (Å²) < 4.78 is 20.0. The lowest BCUT2D eigenvalue weighted by atomic mass is 9.98. The van der Waals surface area contributed by atoms with E-state index >= 15 is 0 Å². The highest BCUT2D eigenvalue weighted by Crippen LogP contribution is 2.31. The van der Waals surface area contributed by atoms with Gasteiger partial charge in [0.1, 0.15) is 36.9 Å². The lowest BCUT2D eigenvalue weighted by Crippen LogP contribution is -2.26. The number of aromatic nitrogens is 6. The summed E-state index contributed by atoms with van der Waals surface area (Å²) in [4.78, 5) is 33.5. The van der Waals surface area contributed by atoms with E-state index in [4.69, 9.17) is 19.2 Å². The Bertz CT molecular complexity index is 2140. The van der Waals surface area contributed by atoms with Gasteiger partial charge in [-0.1, -0.05) is 61.5 Å². The fourth-order valence-electron chi connectivity index (χ4n) is 5.75. The number of carbonyl (C=O) groups is 1. The van der Waals surface area contributed by atoms with E-state index in [9.17, 15) is 9.59 Å². The van der Waals surface area contributed by atoms with E-state index in [1.807, 2.05) is 91.8 Å². The molecule has 0 N–H and O–H groups in total. The molecule has 0 spiro atoms. The molecule has 2 aromatic heterocycles. The molecule has 256 valence electrons. The van der Waals surface area contributed by atoms with Crippen molar-refractivity contribution in [1.82, 2.24) is 29.8 Å². The van der Waals surface area contributed by atoms with E-state index in [1.54, 1.807) is 34.6 Å². The molecule has 12 nitrogen and oxygen atoms in total. The van der Waals surface area contributed by atoms with Crippen molar-refractivity contribution < 1.29 is 19.0 Å². The number of ether oxygens (including phenoxy) is 3. The number of carbonyl (C=O) groups excluding carboxylic acids is 1. The molecule has 12 heteroatoms. The normalized spacial score (nSPS) is 11.1. The quantitative estimate of drug-likeness (QED) is 0.106. The lowest BCUT2D eigenvalue weighted by Gasteiger charge is -2.16. The highest BCUT2D eigenvalue weighted by atomic mass is 16.6. The van der Waals surface area contributed by atoms with Crippen molar-refractivity contribution in [2.24, 2.45) is 0 Å². The average molecular weight is 674 g/mol. The van der Waals surface area contributed by atoms with Crippen molar-refractivity contribution in [2.75, 3.05) is 39.3 Å². The van der Waals surface area contributed by atoms with E-state index in [0.29, 0.717) is 46.8 Å². The van der Waals surface area contributed by atoms with Crippen LogP contribution >= 0.6 is 0 Å². The molecular weight excluding hydrogens is 634 g/mol. The van der Waals surface area contributed by atoms with Crippen molar-refractivity contribution in [3.05, 3.63) is 118 Å². The monoisotopic (exact) mass is 673 g/mol. The van der Waals surface area contributed by atoms with Gasteiger partial charge < -0.3 is 19.1 Å². The van der Waals surface area contributed by atoms with Gasteiger partial charge in [0.25, 0.3) is 5.56 Å². The fourth-order valence-corrected chi connectivity index (χ4v) is 5.75. The van der Waals surface area contributed by atoms with Gasteiger partial charge in [-0.2, -0.15) is 4.68 Å². The number of fused-ring (bicyclic) bond motifs is 1. The third-order valence-corrected chi connectivity index (χ3v) is 8.25. The third kappa shape index (κ3) is 7.40. The summed E-state index contributed by atoms with van der Waals surface area (Å²) in [5.74, 6) is 1.27. The number of hydrogen-bond donors (Lipinski definition) is 0. The van der Waals surface area contributed by atoms with Gasteiger partial charge in [-0.05, 0) is 69.9 Å². The van der Waals surface area contributed by atoms with E-state index in [-0.39, 0.29) is 25.5 Å². The van der Waals surface area contributed by atoms with Crippen LogP contribution in [0.2, 0.25) is 0 Å². The number of aryl methyl sites for hydroxylation is 1. The molecule has 0 bridgehead atoms. The zero-order valence-electron chi connectivity index (χ0n) is 28.6. The standard InChI is InChI=1S/C38H39N7O5/c1-5-9-34-39-32-12-8-13-33(49-22-23-50-38(47)28-18-20-29(21-19-28)43(2)3)35(32)37(46)44(34)24-26-14-16-27(17-15-26)30-10-6-7-11-31(30)36-40-41-42-45(36)25-48-4/h6-8,10-21H,5,9,22-25H2,1-4H3. The molecule has 0 radical (unpaired) electrons. The Hall–Kier alpha value is -5.88. The second-order valence-electron chi connectivity index (χ2n) is 11.9. The molecule has 4 aromatic carbocycles. The van der Waals surface area contributed by atoms with Crippen LogP contribution < -0.4 is 15.2 Å². The molecule has 6 rings (SSSR count). The van der Waals surface area contributed by atoms with Gasteiger partial charge in [0.15, 0.2) is 5.82 Å². The minimum atomic E-state index is -0.439. The molecule has 0 saturated carbocycles. The highest BCUT2D eigenvalue weighted by Gasteiger charge is 2.17. The Labute approximate surface area is 289 Å². The van der Waals surface area contributed by atoms with Gasteiger partial charge in [0.05, 0.1) is 17.6 Å². The highest BCUT2D eigenvalue weighted by molar-refractivity contribution is 5.90. The number of rotatable bonds is 14. The summed E-state index contributed by atoms with van der Waals surface area (Å²) in [7, 11) is 5.47. The molecule has 50 heavy (non-hydrogen) atoms. The molecule has 0 amide bonds. The Morgan fingerprint density at radius 2 is 1.64 bits per heavy atom. The van der Waals surface area contributed by atoms with Gasteiger partial charge in [-0.15, -0.1) is 5.10 Å². The Kier molecular flexibility index (Phi) is 10.6. The number of tetrazole rings is 1. The zero-order chi connectivity index (χ0) is 35.0. The number of nitrogens with zero attached hydrogens (tertiary/aromatic N) is 7. The van der Waals surface area contributed by atoms with Crippen LogP contribution in [0.25, 0.3) is 33.4 Å². The largest absolute Gasteiger partial charge is 0.489 e. The summed E-state index contributed by atoms with van der Waals surface area (Å²) in [6, 6.07) is 28.6. The SMILES string of the molecule is CCCc1nc2cccc(OCCOC(=O)c3ccc(N(C)C)cc3)c2c(=O)n1Cc1ccc(-c2ccccc2-c2nnnn2COC)cc1. The Balaban J connectivity index is 1.21. The van der Waals surface area contributed by atoms with Crippen LogP contribution in [0.15, 0.2) is 95.8 Å². The number of benzene rings is 4. The zero-order valence-corrected chi connectivity index (χ0v) is 28.6. The van der Waals surface area contributed by atoms with Gasteiger partial charge in [-0.3, -0.25) is 9.36 Å². The first-order valence-corrected chi connectivity index (χ1v) is 16.4.